The highest BCUT2D eigenvalue weighted by Gasteiger charge is 2.17. The summed E-state index contributed by atoms with van der Waals surface area (Å²) in [6, 6.07) is 9.27. The third kappa shape index (κ3) is 4.51. The van der Waals surface area contributed by atoms with Crippen LogP contribution >= 0.6 is 0 Å². The molecular weight excluding hydrogens is 238 g/mol. The molecule has 0 radical (unpaired) electrons. The number of hydrogen-bond acceptors (Lipinski definition) is 2. The number of hydrogen-bond donors (Lipinski definition) is 0. The van der Waals surface area contributed by atoms with Crippen molar-refractivity contribution in [2.24, 2.45) is 5.92 Å². The van der Waals surface area contributed by atoms with Crippen LogP contribution in [0.5, 0.6) is 0 Å². The largest absolute Gasteiger partial charge is 0.343 e. The molecule has 0 spiro atoms. The van der Waals surface area contributed by atoms with E-state index in [2.05, 4.69) is 0 Å². The zero-order chi connectivity index (χ0) is 14.3. The quantitative estimate of drug-likeness (QED) is 0.707. The van der Waals surface area contributed by atoms with E-state index in [1.807, 2.05) is 51.1 Å². The fourth-order valence-electron chi connectivity index (χ4n) is 2.09. The second kappa shape index (κ2) is 7.72. The molecule has 0 aromatic heterocycles. The first-order chi connectivity index (χ1) is 9.10. The molecule has 104 valence electrons. The predicted molar refractivity (Wildman–Crippen MR) is 77.1 cm³/mol. The van der Waals surface area contributed by atoms with Crippen LogP contribution in [0, 0.1) is 5.92 Å². The molecule has 0 aliphatic rings. The van der Waals surface area contributed by atoms with E-state index < -0.39 is 0 Å². The first kappa shape index (κ1) is 15.4. The Labute approximate surface area is 115 Å². The maximum atomic E-state index is 12.1. The van der Waals surface area contributed by atoms with Gasteiger partial charge in [-0.25, -0.2) is 0 Å². The molecule has 0 unspecified atom stereocenters. The smallest absolute Gasteiger partial charge is 0.222 e. The average molecular weight is 261 g/mol. The van der Waals surface area contributed by atoms with Crippen LogP contribution < -0.4 is 0 Å². The molecule has 1 amide bonds. The lowest BCUT2D eigenvalue weighted by atomic mass is 9.95. The Kier molecular flexibility index (Phi) is 6.26. The minimum atomic E-state index is -0.109. The minimum Gasteiger partial charge on any atom is -0.343 e. The SMILES string of the molecule is CCN(CC)C(=O)CC[C@H](C)C(=O)c1ccccc1. The standard InChI is InChI=1S/C16H23NO2/c1-4-17(5-2)15(18)12-11-13(3)16(19)14-9-7-6-8-10-14/h6-10,13H,4-5,11-12H2,1-3H3/t13-/m0/s1. The second-order valence-corrected chi connectivity index (χ2v) is 4.74. The van der Waals surface area contributed by atoms with Gasteiger partial charge in [-0.15, -0.1) is 0 Å². The molecule has 1 aromatic carbocycles. The topological polar surface area (TPSA) is 37.4 Å². The van der Waals surface area contributed by atoms with Gasteiger partial charge >= 0.3 is 0 Å². The number of nitrogens with zero attached hydrogens (tertiary/aromatic N) is 1. The number of amides is 1. The van der Waals surface area contributed by atoms with Gasteiger partial charge in [-0.05, 0) is 20.3 Å². The van der Waals surface area contributed by atoms with Crippen molar-refractivity contribution in [1.29, 1.82) is 0 Å². The van der Waals surface area contributed by atoms with Crippen molar-refractivity contribution >= 4 is 11.7 Å². The summed E-state index contributed by atoms with van der Waals surface area (Å²) >= 11 is 0. The summed E-state index contributed by atoms with van der Waals surface area (Å²) in [5.74, 6) is 0.146. The van der Waals surface area contributed by atoms with Gasteiger partial charge in [0.25, 0.3) is 0 Å². The Bertz CT molecular complexity index is 410. The lowest BCUT2D eigenvalue weighted by molar-refractivity contribution is -0.131. The Balaban J connectivity index is 2.50. The van der Waals surface area contributed by atoms with Crippen molar-refractivity contribution in [3.05, 3.63) is 35.9 Å². The molecule has 0 bridgehead atoms. The molecule has 3 heteroatoms. The van der Waals surface area contributed by atoms with Crippen LogP contribution in [0.2, 0.25) is 0 Å². The third-order valence-electron chi connectivity index (χ3n) is 3.41. The summed E-state index contributed by atoms with van der Waals surface area (Å²) < 4.78 is 0. The Morgan fingerprint density at radius 1 is 1.11 bits per heavy atom. The molecule has 1 atom stereocenters. The third-order valence-corrected chi connectivity index (χ3v) is 3.41. The molecule has 3 nitrogen and oxygen atoms in total. The Hall–Kier alpha value is -1.64. The minimum absolute atomic E-state index is 0.109. The average Bonchev–Trinajstić information content (AvgIpc) is 2.46. The zero-order valence-corrected chi connectivity index (χ0v) is 12.1. The van der Waals surface area contributed by atoms with Crippen LogP contribution in [0.4, 0.5) is 0 Å². The van der Waals surface area contributed by atoms with Crippen molar-refractivity contribution in [1.82, 2.24) is 4.90 Å². The van der Waals surface area contributed by atoms with Gasteiger partial charge in [-0.1, -0.05) is 37.3 Å². The van der Waals surface area contributed by atoms with Crippen LogP contribution in [0.25, 0.3) is 0 Å². The van der Waals surface area contributed by atoms with E-state index in [1.165, 1.54) is 0 Å². The van der Waals surface area contributed by atoms with Gasteiger partial charge < -0.3 is 4.90 Å². The highest BCUT2D eigenvalue weighted by molar-refractivity contribution is 5.97. The van der Waals surface area contributed by atoms with Crippen molar-refractivity contribution in [3.8, 4) is 0 Å². The monoisotopic (exact) mass is 261 g/mol. The maximum Gasteiger partial charge on any atom is 0.222 e. The van der Waals surface area contributed by atoms with Crippen LogP contribution in [0.15, 0.2) is 30.3 Å². The van der Waals surface area contributed by atoms with E-state index >= 15 is 0 Å². The number of Topliss-reactive ketones (excluding diaryl/α,β-unsaturated/α-hetero) is 1. The molecule has 1 aromatic rings. The first-order valence-electron chi connectivity index (χ1n) is 6.97. The van der Waals surface area contributed by atoms with E-state index in [0.29, 0.717) is 12.8 Å². The highest BCUT2D eigenvalue weighted by Crippen LogP contribution is 2.14. The lowest BCUT2D eigenvalue weighted by Gasteiger charge is -2.19. The van der Waals surface area contributed by atoms with Crippen molar-refractivity contribution in [2.75, 3.05) is 13.1 Å². The predicted octanol–water partition coefficient (Wildman–Crippen LogP) is 3.15. The van der Waals surface area contributed by atoms with Crippen LogP contribution in [0.3, 0.4) is 0 Å². The van der Waals surface area contributed by atoms with Gasteiger partial charge in [0.1, 0.15) is 0 Å². The van der Waals surface area contributed by atoms with Crippen molar-refractivity contribution < 1.29 is 9.59 Å². The summed E-state index contributed by atoms with van der Waals surface area (Å²) in [5, 5.41) is 0. The summed E-state index contributed by atoms with van der Waals surface area (Å²) in [4.78, 5) is 25.8. The molecule has 0 saturated carbocycles. The molecule has 19 heavy (non-hydrogen) atoms. The summed E-state index contributed by atoms with van der Waals surface area (Å²) in [6.07, 6.45) is 1.06. The number of benzene rings is 1. The molecule has 1 rings (SSSR count). The molecular formula is C16H23NO2. The van der Waals surface area contributed by atoms with E-state index in [-0.39, 0.29) is 17.6 Å². The van der Waals surface area contributed by atoms with Gasteiger partial charge in [-0.3, -0.25) is 9.59 Å². The lowest BCUT2D eigenvalue weighted by Crippen LogP contribution is -2.30. The fraction of sp³-hybridized carbons (Fsp3) is 0.500. The number of carbonyl (C=O) groups is 2. The molecule has 0 heterocycles. The fourth-order valence-corrected chi connectivity index (χ4v) is 2.09. The number of carbonyl (C=O) groups excluding carboxylic acids is 2. The van der Waals surface area contributed by atoms with Crippen LogP contribution in [-0.4, -0.2) is 29.7 Å². The van der Waals surface area contributed by atoms with Crippen molar-refractivity contribution in [2.45, 2.75) is 33.6 Å². The van der Waals surface area contributed by atoms with Gasteiger partial charge in [0.15, 0.2) is 5.78 Å². The maximum absolute atomic E-state index is 12.1. The van der Waals surface area contributed by atoms with E-state index in [0.717, 1.165) is 18.7 Å². The highest BCUT2D eigenvalue weighted by atomic mass is 16.2. The number of ketones is 1. The molecule has 0 fully saturated rings. The summed E-state index contributed by atoms with van der Waals surface area (Å²) in [5.41, 5.74) is 0.727. The Morgan fingerprint density at radius 3 is 2.21 bits per heavy atom. The summed E-state index contributed by atoms with van der Waals surface area (Å²) in [7, 11) is 0. The van der Waals surface area contributed by atoms with Gasteiger partial charge in [0.2, 0.25) is 5.91 Å². The summed E-state index contributed by atoms with van der Waals surface area (Å²) in [6.45, 7) is 7.30. The molecule has 0 N–H and O–H groups in total. The second-order valence-electron chi connectivity index (χ2n) is 4.74. The molecule has 0 saturated heterocycles. The van der Waals surface area contributed by atoms with Crippen molar-refractivity contribution in [3.63, 3.8) is 0 Å². The van der Waals surface area contributed by atoms with Crippen LogP contribution in [-0.2, 0) is 4.79 Å². The first-order valence-corrected chi connectivity index (χ1v) is 6.97. The normalized spacial score (nSPS) is 11.9. The van der Waals surface area contributed by atoms with Crippen LogP contribution in [0.1, 0.15) is 44.0 Å². The zero-order valence-electron chi connectivity index (χ0n) is 12.1. The van der Waals surface area contributed by atoms with E-state index in [1.54, 1.807) is 4.90 Å². The van der Waals surface area contributed by atoms with E-state index in [9.17, 15) is 9.59 Å². The van der Waals surface area contributed by atoms with Gasteiger partial charge in [0, 0.05) is 31.0 Å². The van der Waals surface area contributed by atoms with Gasteiger partial charge in [0.05, 0.1) is 0 Å². The molecule has 0 aliphatic heterocycles. The molecule has 0 aliphatic carbocycles. The number of rotatable bonds is 7. The van der Waals surface area contributed by atoms with E-state index in [4.69, 9.17) is 0 Å². The van der Waals surface area contributed by atoms with Gasteiger partial charge in [-0.2, -0.15) is 0 Å². The Morgan fingerprint density at radius 2 is 1.68 bits per heavy atom.